The van der Waals surface area contributed by atoms with Crippen LogP contribution in [0.15, 0.2) is 18.5 Å². The fourth-order valence-electron chi connectivity index (χ4n) is 0.215. The van der Waals surface area contributed by atoms with Crippen LogP contribution in [0.3, 0.4) is 0 Å². The topological polar surface area (TPSA) is 28.7 Å². The van der Waals surface area contributed by atoms with Crippen LogP contribution in [0.25, 0.3) is 0 Å². The summed E-state index contributed by atoms with van der Waals surface area (Å²) >= 11 is 0. The second-order valence-corrected chi connectivity index (χ2v) is 0.766. The Morgan fingerprint density at radius 1 is 1.60 bits per heavy atom. The molecule has 0 spiro atoms. The van der Waals surface area contributed by atoms with Crippen molar-refractivity contribution in [3.63, 3.8) is 0 Å². The van der Waals surface area contributed by atoms with Crippen LogP contribution < -0.4 is 0 Å². The molecule has 2 nitrogen and oxygen atoms in total. The lowest BCUT2D eigenvalue weighted by Crippen LogP contribution is -1.53. The van der Waals surface area contributed by atoms with E-state index in [-0.39, 0.29) is 0 Å². The molecule has 0 aliphatic carbocycles. The van der Waals surface area contributed by atoms with Gasteiger partial charge in [0.25, 0.3) is 0 Å². The molecule has 0 unspecified atom stereocenters. The van der Waals surface area contributed by atoms with Gasteiger partial charge in [0.05, 0.1) is 0 Å². The summed E-state index contributed by atoms with van der Waals surface area (Å²) in [5.41, 5.74) is 0. The van der Waals surface area contributed by atoms with E-state index < -0.39 is 0 Å². The first-order chi connectivity index (χ1) is 2.50. The summed E-state index contributed by atoms with van der Waals surface area (Å²) in [5, 5.41) is 6.21. The Morgan fingerprint density at radius 3 is 2.80 bits per heavy atom. The zero-order valence-electron chi connectivity index (χ0n) is 2.68. The highest BCUT2D eigenvalue weighted by atomic mass is 15.1. The quantitative estimate of drug-likeness (QED) is 0.469. The number of hydrogen-bond donors (Lipinski definition) is 1. The van der Waals surface area contributed by atoms with Gasteiger partial charge in [0.15, 0.2) is 0 Å². The summed E-state index contributed by atoms with van der Waals surface area (Å²) in [7, 11) is 0. The van der Waals surface area contributed by atoms with E-state index in [0.29, 0.717) is 0 Å². The molecule has 5 heavy (non-hydrogen) atoms. The Morgan fingerprint density at radius 2 is 2.60 bits per heavy atom. The van der Waals surface area contributed by atoms with Gasteiger partial charge in [0.1, 0.15) is 0 Å². The van der Waals surface area contributed by atoms with Crippen molar-refractivity contribution in [2.75, 3.05) is 0 Å². The lowest BCUT2D eigenvalue weighted by Gasteiger charge is -1.49. The van der Waals surface area contributed by atoms with E-state index in [1.165, 1.54) is 0 Å². The molecule has 1 N–H and O–H groups in total. The van der Waals surface area contributed by atoms with Crippen LogP contribution in [-0.4, -0.2) is 10.2 Å². The van der Waals surface area contributed by atoms with Crippen LogP contribution in [0.4, 0.5) is 0 Å². The molecule has 0 radical (unpaired) electrons. The maximum atomic E-state index is 3.60. The van der Waals surface area contributed by atoms with E-state index in [1.54, 1.807) is 12.4 Å². The average molecular weight is 69.1 g/mol. The minimum atomic E-state index is 1.69. The molecule has 0 amide bonds. The van der Waals surface area contributed by atoms with Crippen LogP contribution in [0.1, 0.15) is 0 Å². The SMILES string of the molecule is c1c[nH]n[13cH]1. The second-order valence-electron chi connectivity index (χ2n) is 0.766. The van der Waals surface area contributed by atoms with E-state index >= 15 is 0 Å². The van der Waals surface area contributed by atoms with Crippen LogP contribution >= 0.6 is 0 Å². The first kappa shape index (κ1) is 2.45. The van der Waals surface area contributed by atoms with Gasteiger partial charge in [-0.2, -0.15) is 5.10 Å². The molecule has 0 aliphatic heterocycles. The van der Waals surface area contributed by atoms with Gasteiger partial charge in [-0.05, 0) is 6.07 Å². The molecule has 0 saturated carbocycles. The second kappa shape index (κ2) is 0.885. The molecule has 26 valence electrons. The minimum Gasteiger partial charge on any atom is -0.286 e. The Kier molecular flexibility index (Phi) is 0.433. The third-order valence-electron chi connectivity index (χ3n) is 0.406. The highest BCUT2D eigenvalue weighted by Crippen LogP contribution is 1.64. The van der Waals surface area contributed by atoms with Crippen LogP contribution in [0.5, 0.6) is 0 Å². The lowest BCUT2D eigenvalue weighted by atomic mass is 10.9. The van der Waals surface area contributed by atoms with Crippen LogP contribution in [0, 0.1) is 0 Å². The largest absolute Gasteiger partial charge is 0.286 e. The third kappa shape index (κ3) is 0.265. The van der Waals surface area contributed by atoms with Crippen molar-refractivity contribution in [1.82, 2.24) is 10.2 Å². The zero-order chi connectivity index (χ0) is 3.54. The maximum Gasteiger partial charge on any atom is 0.0487 e. The molecule has 0 fully saturated rings. The predicted molar refractivity (Wildman–Crippen MR) is 18.6 cm³/mol. The smallest absolute Gasteiger partial charge is 0.0487 e. The molecular weight excluding hydrogens is 65.0 g/mol. The van der Waals surface area contributed by atoms with Gasteiger partial charge < -0.3 is 0 Å². The third-order valence-corrected chi connectivity index (χ3v) is 0.406. The number of aromatic nitrogens is 2. The number of nitrogens with zero attached hydrogens (tertiary/aromatic N) is 1. The van der Waals surface area contributed by atoms with Crippen molar-refractivity contribution < 1.29 is 0 Å². The van der Waals surface area contributed by atoms with Gasteiger partial charge in [-0.1, -0.05) is 0 Å². The summed E-state index contributed by atoms with van der Waals surface area (Å²) in [5.74, 6) is 0. The minimum absolute atomic E-state index is 1.69. The summed E-state index contributed by atoms with van der Waals surface area (Å²) < 4.78 is 0. The number of nitrogens with one attached hydrogen (secondary N) is 1. The molecule has 1 rings (SSSR count). The van der Waals surface area contributed by atoms with Gasteiger partial charge in [0.2, 0.25) is 0 Å². The molecular formula is C3H4N2. The summed E-state index contributed by atoms with van der Waals surface area (Å²) in [6, 6.07) is 1.83. The molecule has 1 aromatic rings. The molecule has 0 aromatic carbocycles. The zero-order valence-corrected chi connectivity index (χ0v) is 2.68. The number of rotatable bonds is 0. The molecule has 2 heteroatoms. The van der Waals surface area contributed by atoms with Crippen molar-refractivity contribution in [2.45, 2.75) is 0 Å². The molecule has 0 saturated heterocycles. The van der Waals surface area contributed by atoms with E-state index in [9.17, 15) is 0 Å². The van der Waals surface area contributed by atoms with Crippen molar-refractivity contribution in [1.29, 1.82) is 0 Å². The van der Waals surface area contributed by atoms with Gasteiger partial charge >= 0.3 is 0 Å². The van der Waals surface area contributed by atoms with E-state index in [1.807, 2.05) is 6.07 Å². The monoisotopic (exact) mass is 69.0 g/mol. The average Bonchev–Trinajstić information content (AvgIpc) is 1.76. The van der Waals surface area contributed by atoms with E-state index in [4.69, 9.17) is 0 Å². The molecule has 1 aromatic heterocycles. The highest BCUT2D eigenvalue weighted by molar-refractivity contribution is 4.72. The molecule has 0 bridgehead atoms. The standard InChI is InChI=1S/C3H4N2/c1-2-4-5-3-1/h1-3H,(H,4,5)/i2+1. The number of H-pyrrole nitrogens is 1. The Bertz CT molecular complexity index is 61.4. The highest BCUT2D eigenvalue weighted by Gasteiger charge is 1.56. The Balaban J connectivity index is 3.13. The van der Waals surface area contributed by atoms with E-state index in [0.717, 1.165) is 0 Å². The van der Waals surface area contributed by atoms with Gasteiger partial charge in [-0.15, -0.1) is 0 Å². The maximum absolute atomic E-state index is 3.60. The first-order valence-electron chi connectivity index (χ1n) is 1.44. The van der Waals surface area contributed by atoms with Crippen molar-refractivity contribution in [2.24, 2.45) is 0 Å². The van der Waals surface area contributed by atoms with Gasteiger partial charge in [0, 0.05) is 12.4 Å². The fraction of sp³-hybridized carbons (Fsp3) is 0. The fourth-order valence-corrected chi connectivity index (χ4v) is 0.215. The predicted octanol–water partition coefficient (Wildman–Crippen LogP) is 0.410. The molecule has 0 aliphatic rings. The molecule has 0 atom stereocenters. The number of aromatic amines is 1. The van der Waals surface area contributed by atoms with Gasteiger partial charge in [-0.25, -0.2) is 0 Å². The van der Waals surface area contributed by atoms with Crippen LogP contribution in [-0.2, 0) is 0 Å². The van der Waals surface area contributed by atoms with Crippen LogP contribution in [0.2, 0.25) is 0 Å². The van der Waals surface area contributed by atoms with Crippen molar-refractivity contribution in [3.05, 3.63) is 18.5 Å². The van der Waals surface area contributed by atoms with Gasteiger partial charge in [-0.3, -0.25) is 5.10 Å². The van der Waals surface area contributed by atoms with E-state index in [2.05, 4.69) is 10.2 Å². The Hall–Kier alpha value is -0.790. The summed E-state index contributed by atoms with van der Waals surface area (Å²) in [6.45, 7) is 0. The normalized spacial score (nSPS) is 8.00. The lowest BCUT2D eigenvalue weighted by molar-refractivity contribution is 1.09. The summed E-state index contributed by atoms with van der Waals surface area (Å²) in [6.07, 6.45) is 3.46. The number of hydrogen-bond acceptors (Lipinski definition) is 1. The van der Waals surface area contributed by atoms with Crippen molar-refractivity contribution in [3.8, 4) is 0 Å². The molecule has 1 heterocycles. The Labute approximate surface area is 29.8 Å². The first-order valence-corrected chi connectivity index (χ1v) is 1.44. The summed E-state index contributed by atoms with van der Waals surface area (Å²) in [4.78, 5) is 0. The van der Waals surface area contributed by atoms with Crippen molar-refractivity contribution >= 4 is 0 Å².